The number of likely N-dealkylation sites (tertiary alicyclic amines) is 1. The second kappa shape index (κ2) is 3.56. The van der Waals surface area contributed by atoms with Crippen molar-refractivity contribution in [3.8, 4) is 0 Å². The number of amidine groups is 1. The fourth-order valence-electron chi connectivity index (χ4n) is 2.28. The van der Waals surface area contributed by atoms with Gasteiger partial charge in [-0.2, -0.15) is 0 Å². The molecule has 0 N–H and O–H groups in total. The van der Waals surface area contributed by atoms with Crippen LogP contribution in [0.1, 0.15) is 33.1 Å². The Kier molecular flexibility index (Phi) is 2.42. The molecule has 3 heteroatoms. The molecule has 2 unspecified atom stereocenters. The van der Waals surface area contributed by atoms with E-state index in [9.17, 15) is 0 Å². The van der Waals surface area contributed by atoms with Crippen LogP contribution in [-0.4, -0.2) is 36.2 Å². The number of piperidine rings is 1. The third-order valence-corrected chi connectivity index (χ3v) is 2.98. The fourth-order valence-corrected chi connectivity index (χ4v) is 2.28. The molecule has 0 amide bonds. The topological polar surface area (TPSA) is 24.8 Å². The van der Waals surface area contributed by atoms with E-state index in [0.29, 0.717) is 12.1 Å². The second-order valence-corrected chi connectivity index (χ2v) is 4.05. The first-order chi connectivity index (χ1) is 6.29. The molecule has 1 fully saturated rings. The zero-order valence-corrected chi connectivity index (χ0v) is 8.49. The lowest BCUT2D eigenvalue weighted by atomic mass is 9.98. The third kappa shape index (κ3) is 1.64. The normalized spacial score (nSPS) is 34.3. The van der Waals surface area contributed by atoms with E-state index in [1.54, 1.807) is 0 Å². The number of ether oxygens (including phenoxy) is 1. The van der Waals surface area contributed by atoms with Gasteiger partial charge in [-0.3, -0.25) is 0 Å². The first-order valence-electron chi connectivity index (χ1n) is 5.24. The summed E-state index contributed by atoms with van der Waals surface area (Å²) in [6, 6.07) is 2.08. The van der Waals surface area contributed by atoms with Crippen LogP contribution in [0.15, 0.2) is 4.99 Å². The summed E-state index contributed by atoms with van der Waals surface area (Å²) in [5.41, 5.74) is 0. The van der Waals surface area contributed by atoms with Gasteiger partial charge in [-0.25, -0.2) is 4.99 Å². The molecule has 0 aromatic rings. The molecule has 2 aliphatic heterocycles. The van der Waals surface area contributed by atoms with Crippen molar-refractivity contribution in [3.63, 3.8) is 0 Å². The Labute approximate surface area is 79.8 Å². The molecule has 2 aliphatic rings. The van der Waals surface area contributed by atoms with Gasteiger partial charge in [-0.05, 0) is 33.1 Å². The molecule has 13 heavy (non-hydrogen) atoms. The zero-order chi connectivity index (χ0) is 9.26. The van der Waals surface area contributed by atoms with Crippen LogP contribution < -0.4 is 0 Å². The predicted molar refractivity (Wildman–Crippen MR) is 52.9 cm³/mol. The van der Waals surface area contributed by atoms with Gasteiger partial charge in [0.1, 0.15) is 6.61 Å². The van der Waals surface area contributed by atoms with E-state index in [0.717, 1.165) is 19.2 Å². The molecule has 2 heterocycles. The molecule has 0 spiro atoms. The smallest absolute Gasteiger partial charge is 0.287 e. The molecular weight excluding hydrogens is 164 g/mol. The summed E-state index contributed by atoms with van der Waals surface area (Å²) >= 11 is 0. The number of hydrogen-bond donors (Lipinski definition) is 0. The Bertz CT molecular complexity index is 205. The summed E-state index contributed by atoms with van der Waals surface area (Å²) in [7, 11) is 0. The molecule has 0 aliphatic carbocycles. The highest BCUT2D eigenvalue weighted by molar-refractivity contribution is 5.75. The Morgan fingerprint density at radius 1 is 1.31 bits per heavy atom. The van der Waals surface area contributed by atoms with E-state index in [2.05, 4.69) is 23.7 Å². The van der Waals surface area contributed by atoms with Crippen molar-refractivity contribution in [2.24, 2.45) is 4.99 Å². The molecule has 0 aromatic heterocycles. The predicted octanol–water partition coefficient (Wildman–Crippen LogP) is 1.64. The monoisotopic (exact) mass is 182 g/mol. The minimum atomic E-state index is 0.598. The van der Waals surface area contributed by atoms with Crippen molar-refractivity contribution in [1.82, 2.24) is 4.90 Å². The first kappa shape index (κ1) is 8.85. The van der Waals surface area contributed by atoms with Crippen LogP contribution in [0.5, 0.6) is 0 Å². The van der Waals surface area contributed by atoms with E-state index in [1.807, 2.05) is 0 Å². The average molecular weight is 182 g/mol. The van der Waals surface area contributed by atoms with Crippen LogP contribution in [0, 0.1) is 0 Å². The van der Waals surface area contributed by atoms with Crippen molar-refractivity contribution in [2.45, 2.75) is 45.2 Å². The Morgan fingerprint density at radius 3 is 2.54 bits per heavy atom. The zero-order valence-electron chi connectivity index (χ0n) is 8.49. The lowest BCUT2D eigenvalue weighted by Gasteiger charge is -2.39. The molecule has 0 bridgehead atoms. The highest BCUT2D eigenvalue weighted by atomic mass is 16.5. The van der Waals surface area contributed by atoms with Gasteiger partial charge in [0.15, 0.2) is 0 Å². The minimum absolute atomic E-state index is 0.598. The van der Waals surface area contributed by atoms with Gasteiger partial charge in [-0.1, -0.05) is 0 Å². The lowest BCUT2D eigenvalue weighted by molar-refractivity contribution is 0.145. The summed E-state index contributed by atoms with van der Waals surface area (Å²) in [5.74, 6) is 0. The van der Waals surface area contributed by atoms with E-state index in [1.165, 1.54) is 19.3 Å². The summed E-state index contributed by atoms with van der Waals surface area (Å²) in [5, 5.41) is 0. The van der Waals surface area contributed by atoms with E-state index in [4.69, 9.17) is 4.74 Å². The third-order valence-electron chi connectivity index (χ3n) is 2.98. The Morgan fingerprint density at radius 2 is 2.00 bits per heavy atom. The van der Waals surface area contributed by atoms with Crippen LogP contribution in [0.25, 0.3) is 0 Å². The summed E-state index contributed by atoms with van der Waals surface area (Å²) < 4.78 is 5.51. The standard InChI is InChI=1S/C10H18N2O/c1-8-4-3-5-9(2)12(8)10-11-6-7-13-10/h8-9H,3-7H2,1-2H3. The van der Waals surface area contributed by atoms with Gasteiger partial charge in [0.2, 0.25) is 0 Å². The van der Waals surface area contributed by atoms with Gasteiger partial charge >= 0.3 is 0 Å². The molecule has 2 atom stereocenters. The molecule has 0 radical (unpaired) electrons. The molecular formula is C10H18N2O. The van der Waals surface area contributed by atoms with Crippen LogP contribution in [0.4, 0.5) is 0 Å². The average Bonchev–Trinajstić information content (AvgIpc) is 2.57. The van der Waals surface area contributed by atoms with E-state index < -0.39 is 0 Å². The fraction of sp³-hybridized carbons (Fsp3) is 0.900. The number of nitrogens with zero attached hydrogens (tertiary/aromatic N) is 2. The molecule has 74 valence electrons. The maximum Gasteiger partial charge on any atom is 0.287 e. The van der Waals surface area contributed by atoms with E-state index >= 15 is 0 Å². The Hall–Kier alpha value is -0.730. The van der Waals surface area contributed by atoms with E-state index in [-0.39, 0.29) is 0 Å². The molecule has 0 saturated carbocycles. The van der Waals surface area contributed by atoms with Gasteiger partial charge in [-0.15, -0.1) is 0 Å². The van der Waals surface area contributed by atoms with Gasteiger partial charge < -0.3 is 9.64 Å². The number of hydrogen-bond acceptors (Lipinski definition) is 3. The van der Waals surface area contributed by atoms with Crippen molar-refractivity contribution >= 4 is 6.02 Å². The van der Waals surface area contributed by atoms with Crippen LogP contribution in [0.2, 0.25) is 0 Å². The highest BCUT2D eigenvalue weighted by Crippen LogP contribution is 2.24. The minimum Gasteiger partial charge on any atom is -0.463 e. The molecule has 0 aromatic carbocycles. The van der Waals surface area contributed by atoms with Crippen LogP contribution >= 0.6 is 0 Å². The maximum atomic E-state index is 5.51. The number of aliphatic imine (C=N–C) groups is 1. The quantitative estimate of drug-likeness (QED) is 0.569. The van der Waals surface area contributed by atoms with Gasteiger partial charge in [0.25, 0.3) is 6.02 Å². The molecule has 1 saturated heterocycles. The summed E-state index contributed by atoms with van der Waals surface area (Å²) in [6.07, 6.45) is 3.88. The molecule has 3 nitrogen and oxygen atoms in total. The lowest BCUT2D eigenvalue weighted by Crippen LogP contribution is -2.47. The van der Waals surface area contributed by atoms with Gasteiger partial charge in [0.05, 0.1) is 6.54 Å². The Balaban J connectivity index is 2.08. The largest absolute Gasteiger partial charge is 0.463 e. The molecule has 2 rings (SSSR count). The van der Waals surface area contributed by atoms with Crippen molar-refractivity contribution in [2.75, 3.05) is 13.2 Å². The first-order valence-corrected chi connectivity index (χ1v) is 5.24. The SMILES string of the molecule is CC1CCCC(C)N1C1=NCCO1. The van der Waals surface area contributed by atoms with Crippen LogP contribution in [0.3, 0.4) is 0 Å². The summed E-state index contributed by atoms with van der Waals surface area (Å²) in [4.78, 5) is 6.72. The maximum absolute atomic E-state index is 5.51. The second-order valence-electron chi connectivity index (χ2n) is 4.05. The number of rotatable bonds is 0. The van der Waals surface area contributed by atoms with Crippen molar-refractivity contribution in [1.29, 1.82) is 0 Å². The van der Waals surface area contributed by atoms with Crippen molar-refractivity contribution < 1.29 is 4.74 Å². The highest BCUT2D eigenvalue weighted by Gasteiger charge is 2.29. The summed E-state index contributed by atoms with van der Waals surface area (Å²) in [6.45, 7) is 6.14. The van der Waals surface area contributed by atoms with Gasteiger partial charge in [0, 0.05) is 12.1 Å². The van der Waals surface area contributed by atoms with Crippen molar-refractivity contribution in [3.05, 3.63) is 0 Å². The van der Waals surface area contributed by atoms with Crippen LogP contribution in [-0.2, 0) is 4.74 Å².